The second kappa shape index (κ2) is 3.84. The average molecular weight is 226 g/mol. The van der Waals surface area contributed by atoms with Crippen LogP contribution in [0.3, 0.4) is 0 Å². The van der Waals surface area contributed by atoms with Crippen LogP contribution >= 0.6 is 0 Å². The highest BCUT2D eigenvalue weighted by molar-refractivity contribution is 5.58. The van der Waals surface area contributed by atoms with Crippen molar-refractivity contribution in [1.82, 2.24) is 0 Å². The topological polar surface area (TPSA) is 26.3 Å². The van der Waals surface area contributed by atoms with Crippen molar-refractivity contribution in [3.63, 3.8) is 0 Å². The zero-order valence-electron chi connectivity index (χ0n) is 6.94. The molecule has 0 aliphatic rings. The predicted octanol–water partition coefficient (Wildman–Crippen LogP) is 2.27. The molecule has 0 spiro atoms. The van der Waals surface area contributed by atoms with Crippen LogP contribution in [-0.4, -0.2) is 12.4 Å². The van der Waals surface area contributed by atoms with Crippen LogP contribution in [0.15, 0.2) is 12.1 Å². The zero-order valence-corrected chi connectivity index (χ0v) is 6.94. The molecule has 0 atom stereocenters. The molecule has 0 aliphatic heterocycles. The summed E-state index contributed by atoms with van der Waals surface area (Å²) in [6.07, 6.45) is -5.07. The van der Waals surface area contributed by atoms with Gasteiger partial charge in [-0.2, -0.15) is 8.78 Å². The van der Waals surface area contributed by atoms with Crippen LogP contribution < -0.4 is 4.74 Å². The highest BCUT2D eigenvalue weighted by Crippen LogP contribution is 2.23. The molecule has 7 heteroatoms. The summed E-state index contributed by atoms with van der Waals surface area (Å²) < 4.78 is 65.5. The smallest absolute Gasteiger partial charge is 0.427 e. The van der Waals surface area contributed by atoms with E-state index in [1.807, 2.05) is 0 Å². The molecule has 15 heavy (non-hydrogen) atoms. The number of ether oxygens (including phenoxy) is 1. The molecule has 0 heterocycles. The molecule has 82 valence electrons. The summed E-state index contributed by atoms with van der Waals surface area (Å²) in [4.78, 5) is 9.73. The number of carbonyl (C=O) groups excluding carboxylic acids is 1. The van der Waals surface area contributed by atoms with E-state index in [9.17, 15) is 26.7 Å². The summed E-state index contributed by atoms with van der Waals surface area (Å²) in [7, 11) is 0. The van der Waals surface area contributed by atoms with E-state index in [0.717, 1.165) is 0 Å². The van der Waals surface area contributed by atoms with Crippen LogP contribution in [-0.2, 0) is 4.79 Å². The molecule has 0 aromatic heterocycles. The molecule has 0 saturated heterocycles. The van der Waals surface area contributed by atoms with Gasteiger partial charge in [0.1, 0.15) is 5.75 Å². The normalized spacial score (nSPS) is 11.3. The van der Waals surface area contributed by atoms with Gasteiger partial charge in [0.25, 0.3) is 0 Å². The second-order valence-electron chi connectivity index (χ2n) is 2.48. The van der Waals surface area contributed by atoms with Crippen molar-refractivity contribution in [3.05, 3.63) is 29.6 Å². The Hall–Kier alpha value is -1.66. The van der Waals surface area contributed by atoms with Crippen LogP contribution in [0.1, 0.15) is 0 Å². The van der Waals surface area contributed by atoms with E-state index >= 15 is 0 Å². The van der Waals surface area contributed by atoms with Crippen molar-refractivity contribution >= 4 is 6.29 Å². The van der Waals surface area contributed by atoms with Crippen molar-refractivity contribution in [2.45, 2.75) is 6.11 Å². The first-order chi connectivity index (χ1) is 6.85. The lowest BCUT2D eigenvalue weighted by atomic mass is 10.3. The molecular formula is C8H3F5O2. The van der Waals surface area contributed by atoms with Crippen molar-refractivity contribution in [2.24, 2.45) is 0 Å². The van der Waals surface area contributed by atoms with Crippen molar-refractivity contribution in [1.29, 1.82) is 0 Å². The van der Waals surface area contributed by atoms with Crippen molar-refractivity contribution in [2.75, 3.05) is 0 Å². The quantitative estimate of drug-likeness (QED) is 0.449. The van der Waals surface area contributed by atoms with E-state index in [4.69, 9.17) is 0 Å². The molecule has 0 radical (unpaired) electrons. The number of hydrogen-bond donors (Lipinski definition) is 0. The Morgan fingerprint density at radius 1 is 1.13 bits per heavy atom. The number of rotatable bonds is 3. The Balaban J connectivity index is 3.02. The van der Waals surface area contributed by atoms with E-state index in [2.05, 4.69) is 4.74 Å². The minimum absolute atomic E-state index is 0.204. The highest BCUT2D eigenvalue weighted by Gasteiger charge is 2.31. The van der Waals surface area contributed by atoms with Gasteiger partial charge in [-0.15, -0.1) is 0 Å². The van der Waals surface area contributed by atoms with E-state index in [1.54, 1.807) is 0 Å². The summed E-state index contributed by atoms with van der Waals surface area (Å²) in [6.45, 7) is 0. The molecule has 0 bridgehead atoms. The standard InChI is InChI=1S/C8H3F5O2/c9-5-1-4(2-6(10)7(5)11)15-8(12,13)3-14/h1-3H. The minimum atomic E-state index is -4.21. The summed E-state index contributed by atoms with van der Waals surface area (Å²) in [5, 5.41) is 0. The fourth-order valence-electron chi connectivity index (χ4n) is 0.772. The first kappa shape index (κ1) is 11.4. The number of benzene rings is 1. The maximum Gasteiger partial charge on any atom is 0.457 e. The zero-order chi connectivity index (χ0) is 11.6. The van der Waals surface area contributed by atoms with Crippen LogP contribution in [0.2, 0.25) is 0 Å². The van der Waals surface area contributed by atoms with Crippen molar-refractivity contribution < 1.29 is 31.5 Å². The number of alkyl halides is 2. The summed E-state index contributed by atoms with van der Waals surface area (Å²) in [6, 6.07) is 0.408. The molecular weight excluding hydrogens is 223 g/mol. The maximum atomic E-state index is 12.5. The molecule has 1 rings (SSSR count). The Bertz CT molecular complexity index is 368. The number of halogens is 5. The van der Waals surface area contributed by atoms with Gasteiger partial charge in [0, 0.05) is 12.1 Å². The van der Waals surface area contributed by atoms with Crippen LogP contribution in [0.4, 0.5) is 22.0 Å². The van der Waals surface area contributed by atoms with E-state index in [1.165, 1.54) is 0 Å². The summed E-state index contributed by atoms with van der Waals surface area (Å²) in [5.74, 6) is -6.17. The largest absolute Gasteiger partial charge is 0.457 e. The Morgan fingerprint density at radius 2 is 1.60 bits per heavy atom. The van der Waals surface area contributed by atoms with Gasteiger partial charge in [0.15, 0.2) is 17.5 Å². The maximum absolute atomic E-state index is 12.5. The summed E-state index contributed by atoms with van der Waals surface area (Å²) in [5.41, 5.74) is 0. The van der Waals surface area contributed by atoms with E-state index < -0.39 is 35.6 Å². The molecule has 0 aliphatic carbocycles. The van der Waals surface area contributed by atoms with Gasteiger partial charge in [0.2, 0.25) is 6.29 Å². The first-order valence-electron chi connectivity index (χ1n) is 3.53. The van der Waals surface area contributed by atoms with E-state index in [0.29, 0.717) is 0 Å². The molecule has 2 nitrogen and oxygen atoms in total. The third-order valence-electron chi connectivity index (χ3n) is 1.35. The lowest BCUT2D eigenvalue weighted by Crippen LogP contribution is -2.26. The van der Waals surface area contributed by atoms with Gasteiger partial charge < -0.3 is 4.74 Å². The number of hydrogen-bond acceptors (Lipinski definition) is 2. The van der Waals surface area contributed by atoms with Gasteiger partial charge in [-0.25, -0.2) is 13.2 Å². The minimum Gasteiger partial charge on any atom is -0.427 e. The fraction of sp³-hybridized carbons (Fsp3) is 0.125. The third-order valence-corrected chi connectivity index (χ3v) is 1.35. The summed E-state index contributed by atoms with van der Waals surface area (Å²) >= 11 is 0. The van der Waals surface area contributed by atoms with Gasteiger partial charge >= 0.3 is 6.11 Å². The number of carbonyl (C=O) groups is 1. The fourth-order valence-corrected chi connectivity index (χ4v) is 0.772. The first-order valence-corrected chi connectivity index (χ1v) is 3.53. The molecule has 0 amide bonds. The van der Waals surface area contributed by atoms with Crippen LogP contribution in [0.25, 0.3) is 0 Å². The van der Waals surface area contributed by atoms with Gasteiger partial charge in [-0.3, -0.25) is 4.79 Å². The third kappa shape index (κ3) is 2.64. The average Bonchev–Trinajstić information content (AvgIpc) is 2.13. The lowest BCUT2D eigenvalue weighted by molar-refractivity contribution is -0.176. The van der Waals surface area contributed by atoms with Gasteiger partial charge in [-0.05, 0) is 0 Å². The number of aldehydes is 1. The predicted molar refractivity (Wildman–Crippen MR) is 38.0 cm³/mol. The molecule has 1 aromatic rings. The van der Waals surface area contributed by atoms with Crippen molar-refractivity contribution in [3.8, 4) is 5.75 Å². The highest BCUT2D eigenvalue weighted by atomic mass is 19.3. The van der Waals surface area contributed by atoms with Crippen LogP contribution in [0.5, 0.6) is 5.75 Å². The van der Waals surface area contributed by atoms with Crippen LogP contribution in [0, 0.1) is 17.5 Å². The second-order valence-corrected chi connectivity index (χ2v) is 2.48. The van der Waals surface area contributed by atoms with Gasteiger partial charge in [-0.1, -0.05) is 0 Å². The Morgan fingerprint density at radius 3 is 2.00 bits per heavy atom. The molecule has 0 fully saturated rings. The molecule has 0 saturated carbocycles. The molecule has 1 aromatic carbocycles. The Labute approximate surface area is 80.3 Å². The van der Waals surface area contributed by atoms with E-state index in [-0.39, 0.29) is 12.1 Å². The molecule has 0 N–H and O–H groups in total. The van der Waals surface area contributed by atoms with Gasteiger partial charge in [0.05, 0.1) is 0 Å². The molecule has 0 unspecified atom stereocenters. The SMILES string of the molecule is O=CC(F)(F)Oc1cc(F)c(F)c(F)c1. The Kier molecular flexibility index (Phi) is 2.92. The monoisotopic (exact) mass is 226 g/mol. The lowest BCUT2D eigenvalue weighted by Gasteiger charge is -2.11.